The molecule has 8 heteroatoms. The van der Waals surface area contributed by atoms with Crippen LogP contribution in [-0.2, 0) is 4.79 Å². The van der Waals surface area contributed by atoms with Crippen molar-refractivity contribution in [3.05, 3.63) is 36.0 Å². The van der Waals surface area contributed by atoms with E-state index in [4.69, 9.17) is 9.26 Å². The quantitative estimate of drug-likeness (QED) is 0.764. The standard InChI is InChI=1S/C21H28N4O4/c1-24(2)12-10-22-20(26)16-5-4-11-25(14-16)21(27)18-13-19(29-23-18)15-6-8-17(28-3)9-7-15/h6-9,13,16H,4-5,10-12,14H2,1-3H3,(H,22,26). The van der Waals surface area contributed by atoms with E-state index in [1.807, 2.05) is 43.3 Å². The van der Waals surface area contributed by atoms with Gasteiger partial charge in [-0.25, -0.2) is 0 Å². The van der Waals surface area contributed by atoms with Crippen molar-refractivity contribution < 1.29 is 18.8 Å². The lowest BCUT2D eigenvalue weighted by atomic mass is 9.97. The smallest absolute Gasteiger partial charge is 0.276 e. The van der Waals surface area contributed by atoms with Crippen LogP contribution in [0.5, 0.6) is 5.75 Å². The number of methoxy groups -OCH3 is 1. The fourth-order valence-corrected chi connectivity index (χ4v) is 3.35. The van der Waals surface area contributed by atoms with E-state index in [0.29, 0.717) is 25.4 Å². The van der Waals surface area contributed by atoms with Crippen molar-refractivity contribution in [3.8, 4) is 17.1 Å². The van der Waals surface area contributed by atoms with Gasteiger partial charge in [0.25, 0.3) is 5.91 Å². The molecule has 2 heterocycles. The molecule has 2 aromatic rings. The lowest BCUT2D eigenvalue weighted by Crippen LogP contribution is -2.46. The summed E-state index contributed by atoms with van der Waals surface area (Å²) in [5.74, 6) is 0.865. The van der Waals surface area contributed by atoms with Gasteiger partial charge in [-0.05, 0) is 51.2 Å². The SMILES string of the molecule is COc1ccc(-c2cc(C(=O)N3CCCC(C(=O)NCCN(C)C)C3)no2)cc1. The highest BCUT2D eigenvalue weighted by Gasteiger charge is 2.30. The maximum absolute atomic E-state index is 12.9. The number of benzene rings is 1. The van der Waals surface area contributed by atoms with Crippen molar-refractivity contribution in [2.24, 2.45) is 5.92 Å². The molecule has 0 radical (unpaired) electrons. The van der Waals surface area contributed by atoms with Crippen molar-refractivity contribution >= 4 is 11.8 Å². The molecule has 1 saturated heterocycles. The second-order valence-electron chi connectivity index (χ2n) is 7.49. The second-order valence-corrected chi connectivity index (χ2v) is 7.49. The zero-order valence-electron chi connectivity index (χ0n) is 17.2. The number of nitrogens with one attached hydrogen (secondary N) is 1. The number of hydrogen-bond acceptors (Lipinski definition) is 6. The summed E-state index contributed by atoms with van der Waals surface area (Å²) >= 11 is 0. The number of piperidine rings is 1. The zero-order chi connectivity index (χ0) is 20.8. The monoisotopic (exact) mass is 400 g/mol. The summed E-state index contributed by atoms with van der Waals surface area (Å²) in [6, 6.07) is 8.99. The number of rotatable bonds is 7. The molecule has 1 fully saturated rings. The predicted octanol–water partition coefficient (Wildman–Crippen LogP) is 1.88. The Balaban J connectivity index is 1.61. The maximum atomic E-state index is 12.9. The Morgan fingerprint density at radius 2 is 2.07 bits per heavy atom. The van der Waals surface area contributed by atoms with E-state index in [1.54, 1.807) is 18.1 Å². The van der Waals surface area contributed by atoms with Crippen molar-refractivity contribution in [3.63, 3.8) is 0 Å². The summed E-state index contributed by atoms with van der Waals surface area (Å²) in [5, 5.41) is 6.90. The Bertz CT molecular complexity index is 831. The van der Waals surface area contributed by atoms with Gasteiger partial charge in [0.15, 0.2) is 11.5 Å². The normalized spacial score (nSPS) is 16.7. The number of carbonyl (C=O) groups is 2. The van der Waals surface area contributed by atoms with E-state index in [1.165, 1.54) is 0 Å². The van der Waals surface area contributed by atoms with E-state index >= 15 is 0 Å². The van der Waals surface area contributed by atoms with Gasteiger partial charge >= 0.3 is 0 Å². The maximum Gasteiger partial charge on any atom is 0.276 e. The highest BCUT2D eigenvalue weighted by molar-refractivity contribution is 5.93. The zero-order valence-corrected chi connectivity index (χ0v) is 17.2. The number of nitrogens with zero attached hydrogens (tertiary/aromatic N) is 3. The van der Waals surface area contributed by atoms with Crippen LogP contribution in [0.3, 0.4) is 0 Å². The fraction of sp³-hybridized carbons (Fsp3) is 0.476. The average molecular weight is 400 g/mol. The van der Waals surface area contributed by atoms with Crippen LogP contribution in [0.15, 0.2) is 34.9 Å². The topological polar surface area (TPSA) is 87.9 Å². The molecule has 0 saturated carbocycles. The molecule has 1 aromatic carbocycles. The highest BCUT2D eigenvalue weighted by Crippen LogP contribution is 2.24. The van der Waals surface area contributed by atoms with Gasteiger partial charge < -0.3 is 24.4 Å². The van der Waals surface area contributed by atoms with Gasteiger partial charge in [0.1, 0.15) is 5.75 Å². The number of amides is 2. The first-order valence-electron chi connectivity index (χ1n) is 9.81. The van der Waals surface area contributed by atoms with E-state index < -0.39 is 0 Å². The van der Waals surface area contributed by atoms with Crippen LogP contribution in [0.4, 0.5) is 0 Å². The molecule has 8 nitrogen and oxygen atoms in total. The molecule has 2 amide bonds. The van der Waals surface area contributed by atoms with E-state index in [9.17, 15) is 9.59 Å². The molecule has 1 N–H and O–H groups in total. The molecule has 1 atom stereocenters. The molecule has 156 valence electrons. The molecule has 1 aromatic heterocycles. The molecule has 0 bridgehead atoms. The Morgan fingerprint density at radius 1 is 1.31 bits per heavy atom. The predicted molar refractivity (Wildman–Crippen MR) is 109 cm³/mol. The molecule has 0 aliphatic carbocycles. The minimum atomic E-state index is -0.209. The Kier molecular flexibility index (Phi) is 6.87. The van der Waals surface area contributed by atoms with Gasteiger partial charge in [0.05, 0.1) is 13.0 Å². The minimum Gasteiger partial charge on any atom is -0.497 e. The summed E-state index contributed by atoms with van der Waals surface area (Å²) in [6.45, 7) is 2.40. The number of carbonyl (C=O) groups excluding carboxylic acids is 2. The largest absolute Gasteiger partial charge is 0.497 e. The lowest BCUT2D eigenvalue weighted by molar-refractivity contribution is -0.126. The summed E-state index contributed by atoms with van der Waals surface area (Å²) in [4.78, 5) is 29.0. The van der Waals surface area contributed by atoms with Crippen molar-refractivity contribution in [2.75, 3.05) is 47.4 Å². The Hall–Kier alpha value is -2.87. The summed E-state index contributed by atoms with van der Waals surface area (Å²) in [5.41, 5.74) is 1.07. The molecule has 1 aliphatic rings. The van der Waals surface area contributed by atoms with Crippen molar-refractivity contribution in [1.82, 2.24) is 20.3 Å². The van der Waals surface area contributed by atoms with E-state index in [2.05, 4.69) is 10.5 Å². The molecule has 3 rings (SSSR count). The summed E-state index contributed by atoms with van der Waals surface area (Å²) in [7, 11) is 5.53. The van der Waals surface area contributed by atoms with Crippen LogP contribution in [0, 0.1) is 5.92 Å². The van der Waals surface area contributed by atoms with Gasteiger partial charge in [-0.15, -0.1) is 0 Å². The molecule has 1 unspecified atom stereocenters. The van der Waals surface area contributed by atoms with Gasteiger partial charge in [-0.3, -0.25) is 9.59 Å². The van der Waals surface area contributed by atoms with E-state index in [-0.39, 0.29) is 23.4 Å². The first-order valence-corrected chi connectivity index (χ1v) is 9.81. The van der Waals surface area contributed by atoms with Crippen LogP contribution in [-0.4, -0.2) is 74.2 Å². The van der Waals surface area contributed by atoms with Gasteiger partial charge in [-0.2, -0.15) is 0 Å². The second kappa shape index (κ2) is 9.56. The fourth-order valence-electron chi connectivity index (χ4n) is 3.35. The molecule has 0 spiro atoms. The Morgan fingerprint density at radius 3 is 2.76 bits per heavy atom. The van der Waals surface area contributed by atoms with Crippen LogP contribution < -0.4 is 10.1 Å². The number of likely N-dealkylation sites (tertiary alicyclic amines) is 1. The lowest BCUT2D eigenvalue weighted by Gasteiger charge is -2.31. The average Bonchev–Trinajstić information content (AvgIpc) is 3.23. The highest BCUT2D eigenvalue weighted by atomic mass is 16.5. The number of ether oxygens (including phenoxy) is 1. The van der Waals surface area contributed by atoms with Gasteiger partial charge in [-0.1, -0.05) is 5.16 Å². The number of aromatic nitrogens is 1. The first kappa shape index (κ1) is 20.9. The number of hydrogen-bond donors (Lipinski definition) is 1. The molecule has 29 heavy (non-hydrogen) atoms. The molecular formula is C21H28N4O4. The third kappa shape index (κ3) is 5.35. The van der Waals surface area contributed by atoms with Gasteiger partial charge in [0.2, 0.25) is 5.91 Å². The summed E-state index contributed by atoms with van der Waals surface area (Å²) in [6.07, 6.45) is 1.58. The van der Waals surface area contributed by atoms with Crippen LogP contribution >= 0.6 is 0 Å². The van der Waals surface area contributed by atoms with Crippen LogP contribution in [0.2, 0.25) is 0 Å². The number of likely N-dealkylation sites (N-methyl/N-ethyl adjacent to an activating group) is 1. The summed E-state index contributed by atoms with van der Waals surface area (Å²) < 4.78 is 10.5. The van der Waals surface area contributed by atoms with Crippen LogP contribution in [0.25, 0.3) is 11.3 Å². The van der Waals surface area contributed by atoms with E-state index in [0.717, 1.165) is 30.7 Å². The van der Waals surface area contributed by atoms with Crippen molar-refractivity contribution in [1.29, 1.82) is 0 Å². The van der Waals surface area contributed by atoms with Crippen LogP contribution in [0.1, 0.15) is 23.3 Å². The molecular weight excluding hydrogens is 372 g/mol. The Labute approximate surface area is 170 Å². The first-order chi connectivity index (χ1) is 14.0. The third-order valence-electron chi connectivity index (χ3n) is 5.04. The third-order valence-corrected chi connectivity index (χ3v) is 5.04. The van der Waals surface area contributed by atoms with Crippen molar-refractivity contribution in [2.45, 2.75) is 12.8 Å². The van der Waals surface area contributed by atoms with Gasteiger partial charge in [0, 0.05) is 37.8 Å². The minimum absolute atomic E-state index is 0.00317. The molecule has 1 aliphatic heterocycles.